The van der Waals surface area contributed by atoms with E-state index in [4.69, 9.17) is 18.4 Å². The summed E-state index contributed by atoms with van der Waals surface area (Å²) < 4.78 is 17.8. The maximum atomic E-state index is 8.98. The van der Waals surface area contributed by atoms with Crippen LogP contribution in [0.2, 0.25) is 0 Å². The number of fused-ring (bicyclic) bond motifs is 6. The van der Waals surface area contributed by atoms with Gasteiger partial charge in [0.2, 0.25) is 0 Å². The highest BCUT2D eigenvalue weighted by atomic mass is 127. The maximum Gasteiger partial charge on any atom is 0.553 e. The van der Waals surface area contributed by atoms with Crippen molar-refractivity contribution in [3.8, 4) is 0 Å². The summed E-state index contributed by atoms with van der Waals surface area (Å²) in [5, 5.41) is 9.84. The number of aliphatic hydroxyl groups is 1. The molecule has 3 aliphatic heterocycles. The van der Waals surface area contributed by atoms with Crippen molar-refractivity contribution in [2.45, 2.75) is 0 Å². The van der Waals surface area contributed by atoms with Crippen LogP contribution in [0.5, 0.6) is 0 Å². The molecular formula is C10H22INO4SSi. The van der Waals surface area contributed by atoms with E-state index in [0.29, 0.717) is 19.8 Å². The third-order valence-electron chi connectivity index (χ3n) is 3.05. The fourth-order valence-corrected chi connectivity index (χ4v) is 7.87. The third kappa shape index (κ3) is 4.89. The number of aliphatic hydroxyl groups excluding tert-OH is 1. The second-order valence-corrected chi connectivity index (χ2v) is 9.78. The van der Waals surface area contributed by atoms with Crippen LogP contribution in [-0.4, -0.2) is 82.3 Å². The second-order valence-electron chi connectivity index (χ2n) is 4.42. The van der Waals surface area contributed by atoms with Gasteiger partial charge in [-0.15, -0.1) is 0 Å². The maximum absolute atomic E-state index is 8.98. The monoisotopic (exact) mass is 407 g/mol. The van der Waals surface area contributed by atoms with E-state index in [1.165, 1.54) is 0 Å². The number of nitrogens with zero attached hydrogens (tertiary/aromatic N) is 1. The van der Waals surface area contributed by atoms with Crippen molar-refractivity contribution in [2.24, 2.45) is 0 Å². The van der Waals surface area contributed by atoms with E-state index in [1.54, 1.807) is 0 Å². The molecule has 0 aliphatic carbocycles. The van der Waals surface area contributed by atoms with Gasteiger partial charge in [0.25, 0.3) is 0 Å². The van der Waals surface area contributed by atoms with Crippen LogP contribution in [0, 0.1) is 0 Å². The lowest BCUT2D eigenvalue weighted by Crippen LogP contribution is -3.00. The van der Waals surface area contributed by atoms with Crippen LogP contribution in [0.3, 0.4) is 0 Å². The van der Waals surface area contributed by atoms with E-state index in [0.717, 1.165) is 30.8 Å². The van der Waals surface area contributed by atoms with E-state index in [2.05, 4.69) is 11.2 Å². The van der Waals surface area contributed by atoms with Gasteiger partial charge in [0.05, 0.1) is 32.7 Å². The first-order chi connectivity index (χ1) is 8.24. The number of rotatable bonds is 4. The summed E-state index contributed by atoms with van der Waals surface area (Å²) in [4.78, 5) is 2.32. The first-order valence-corrected chi connectivity index (χ1v) is 9.99. The summed E-state index contributed by atoms with van der Waals surface area (Å²) in [6.45, 7) is 5.32. The summed E-state index contributed by atoms with van der Waals surface area (Å²) >= 11 is 0. The molecule has 1 atom stereocenters. The van der Waals surface area contributed by atoms with Crippen LogP contribution in [0.4, 0.5) is 0 Å². The Morgan fingerprint density at radius 1 is 1.11 bits per heavy atom. The fraction of sp³-hybridized carbons (Fsp3) is 1.00. The van der Waals surface area contributed by atoms with Crippen LogP contribution in [0.1, 0.15) is 0 Å². The first kappa shape index (κ1) is 17.1. The highest BCUT2D eigenvalue weighted by Crippen LogP contribution is 2.18. The smallest absolute Gasteiger partial charge is 0.553 e. The minimum absolute atomic E-state index is 0. The van der Waals surface area contributed by atoms with Crippen LogP contribution in [0.15, 0.2) is 0 Å². The molecule has 18 heavy (non-hydrogen) atoms. The molecule has 5 nitrogen and oxygen atoms in total. The van der Waals surface area contributed by atoms with Gasteiger partial charge in [0.15, 0.2) is 5.38 Å². The van der Waals surface area contributed by atoms with Crippen molar-refractivity contribution in [2.75, 3.05) is 63.4 Å². The Hall–Kier alpha value is 1.10. The molecule has 0 aromatic rings. The van der Waals surface area contributed by atoms with Crippen molar-refractivity contribution in [3.05, 3.63) is 0 Å². The summed E-state index contributed by atoms with van der Waals surface area (Å²) in [6.07, 6.45) is 2.15. The molecule has 1 N–H and O–H groups in total. The molecule has 0 saturated carbocycles. The van der Waals surface area contributed by atoms with Gasteiger partial charge in [-0.2, -0.15) is 0 Å². The Morgan fingerprint density at radius 2 is 1.61 bits per heavy atom. The summed E-state index contributed by atoms with van der Waals surface area (Å²) in [5.74, 6) is 0.816. The predicted molar refractivity (Wildman–Crippen MR) is 70.2 cm³/mol. The molecule has 108 valence electrons. The van der Waals surface area contributed by atoms with Crippen molar-refractivity contribution >= 4 is 19.7 Å². The molecule has 3 aliphatic rings. The lowest BCUT2D eigenvalue weighted by molar-refractivity contribution is -0.00464. The molecule has 8 heteroatoms. The topological polar surface area (TPSA) is 51.2 Å². The molecular weight excluding hydrogens is 385 g/mol. The lowest BCUT2D eigenvalue weighted by Gasteiger charge is -2.37. The zero-order valence-electron chi connectivity index (χ0n) is 10.8. The molecule has 2 bridgehead atoms. The molecule has 3 rings (SSSR count). The Morgan fingerprint density at radius 3 is 2.06 bits per heavy atom. The van der Waals surface area contributed by atoms with E-state index < -0.39 is 8.80 Å². The molecule has 1 unspecified atom stereocenters. The minimum atomic E-state index is -2.45. The first-order valence-electron chi connectivity index (χ1n) is 6.08. The molecule has 3 heterocycles. The molecule has 0 aromatic carbocycles. The Balaban J connectivity index is 0.00000162. The van der Waals surface area contributed by atoms with Crippen LogP contribution < -0.4 is 24.0 Å². The van der Waals surface area contributed by atoms with Gasteiger partial charge < -0.3 is 42.4 Å². The van der Waals surface area contributed by atoms with Crippen molar-refractivity contribution in [3.63, 3.8) is 0 Å². The highest BCUT2D eigenvalue weighted by molar-refractivity contribution is 7.97. The van der Waals surface area contributed by atoms with Crippen molar-refractivity contribution in [1.82, 2.24) is 4.90 Å². The van der Waals surface area contributed by atoms with E-state index >= 15 is 0 Å². The Labute approximate surface area is 130 Å². The molecule has 3 saturated heterocycles. The normalized spacial score (nSPS) is 34.0. The van der Waals surface area contributed by atoms with Crippen LogP contribution in [-0.2, 0) is 24.2 Å². The third-order valence-corrected chi connectivity index (χ3v) is 9.25. The van der Waals surface area contributed by atoms with E-state index in [1.807, 2.05) is 0 Å². The fourth-order valence-electron chi connectivity index (χ4n) is 2.11. The average Bonchev–Trinajstić information content (AvgIpc) is 2.19. The van der Waals surface area contributed by atoms with Gasteiger partial charge >= 0.3 is 8.80 Å². The molecule has 0 spiro atoms. The molecule has 0 radical (unpaired) electrons. The molecule has 3 fully saturated rings. The summed E-state index contributed by atoms with van der Waals surface area (Å²) in [7, 11) is -2.33. The number of hydrogen-bond donors (Lipinski definition) is 1. The average molecular weight is 407 g/mol. The summed E-state index contributed by atoms with van der Waals surface area (Å²) in [6, 6.07) is 0. The lowest BCUT2D eigenvalue weighted by atomic mass is 10.4. The van der Waals surface area contributed by atoms with Gasteiger partial charge in [-0.05, 0) is 10.9 Å². The van der Waals surface area contributed by atoms with Gasteiger partial charge in [-0.3, -0.25) is 4.90 Å². The standard InChI is InChI=1S/C10H22NO4SSi.HI/c1-16(9-5-12)10-17-13-6-2-11(3-7-14-17)4-8-15-17;/h12H,2-10H2,1H3;1H/q+1;/p-1. The SMILES string of the molecule is C[S+](CCO)C[Si]12OCCN(CCO1)CCO2.[I-]. The Kier molecular flexibility index (Phi) is 8.00. The van der Waals surface area contributed by atoms with Gasteiger partial charge in [-0.1, -0.05) is 0 Å². The van der Waals surface area contributed by atoms with Crippen molar-refractivity contribution in [1.29, 1.82) is 0 Å². The summed E-state index contributed by atoms with van der Waals surface area (Å²) in [5.41, 5.74) is 0. The molecule has 0 aromatic heterocycles. The zero-order valence-corrected chi connectivity index (χ0v) is 14.7. The van der Waals surface area contributed by atoms with Gasteiger partial charge in [0.1, 0.15) is 5.75 Å². The number of halogens is 1. The van der Waals surface area contributed by atoms with Crippen LogP contribution >= 0.6 is 0 Å². The van der Waals surface area contributed by atoms with Gasteiger partial charge in [-0.25, -0.2) is 0 Å². The van der Waals surface area contributed by atoms with Gasteiger partial charge in [0, 0.05) is 19.6 Å². The van der Waals surface area contributed by atoms with E-state index in [-0.39, 0.29) is 41.5 Å². The quantitative estimate of drug-likeness (QED) is 0.293. The number of hydrogen-bond acceptors (Lipinski definition) is 5. The largest absolute Gasteiger partial charge is 1.00 e. The predicted octanol–water partition coefficient (Wildman–Crippen LogP) is -3.91. The van der Waals surface area contributed by atoms with E-state index in [9.17, 15) is 0 Å². The highest BCUT2D eigenvalue weighted by Gasteiger charge is 2.49. The molecule has 0 amide bonds. The Bertz CT molecular complexity index is 225. The van der Waals surface area contributed by atoms with Crippen LogP contribution in [0.25, 0.3) is 0 Å². The van der Waals surface area contributed by atoms with Crippen molar-refractivity contribution < 1.29 is 42.4 Å². The zero-order chi connectivity index (χ0) is 12.1. The minimum Gasteiger partial charge on any atom is -1.00 e. The second kappa shape index (κ2) is 8.40.